The average Bonchev–Trinajstić information content (AvgIpc) is 2.30. The molecule has 5 heteroatoms. The molecule has 1 unspecified atom stereocenters. The molecule has 2 bridgehead atoms. The van der Waals surface area contributed by atoms with Crippen molar-refractivity contribution in [3.63, 3.8) is 0 Å². The molecule has 3 nitrogen and oxygen atoms in total. The van der Waals surface area contributed by atoms with Crippen molar-refractivity contribution >= 4 is 17.6 Å². The first-order chi connectivity index (χ1) is 8.94. The Kier molecular flexibility index (Phi) is 2.67. The minimum atomic E-state index is -0.591. The van der Waals surface area contributed by atoms with Gasteiger partial charge in [0.15, 0.2) is 0 Å². The fourth-order valence-corrected chi connectivity index (χ4v) is 4.10. The Morgan fingerprint density at radius 1 is 1.47 bits per heavy atom. The zero-order valence-corrected chi connectivity index (χ0v) is 11.3. The second-order valence-electron chi connectivity index (χ2n) is 5.78. The summed E-state index contributed by atoms with van der Waals surface area (Å²) in [6.45, 7) is 0. The van der Waals surface area contributed by atoms with Gasteiger partial charge in [-0.25, -0.2) is 4.39 Å². The molecule has 0 aliphatic heterocycles. The van der Waals surface area contributed by atoms with Crippen molar-refractivity contribution in [3.8, 4) is 0 Å². The van der Waals surface area contributed by atoms with E-state index in [1.165, 1.54) is 13.2 Å². The number of hydrogen-bond acceptors (Lipinski definition) is 3. The maximum Gasteiger partial charge on any atom is 0.323 e. The van der Waals surface area contributed by atoms with Crippen LogP contribution in [0.25, 0.3) is 0 Å². The van der Waals surface area contributed by atoms with E-state index in [2.05, 4.69) is 0 Å². The van der Waals surface area contributed by atoms with E-state index < -0.39 is 11.9 Å². The third kappa shape index (κ3) is 1.56. The zero-order chi connectivity index (χ0) is 13.8. The first-order valence-electron chi connectivity index (χ1n) is 6.22. The number of halogens is 2. The minimum Gasteiger partial charge on any atom is -0.468 e. The van der Waals surface area contributed by atoms with Gasteiger partial charge in [-0.1, -0.05) is 23.7 Å². The molecule has 0 saturated heterocycles. The molecule has 0 radical (unpaired) electrons. The largest absolute Gasteiger partial charge is 0.468 e. The molecule has 1 aromatic rings. The summed E-state index contributed by atoms with van der Waals surface area (Å²) in [6, 6.07) is 4.29. The van der Waals surface area contributed by atoms with Crippen LogP contribution >= 0.6 is 11.6 Å². The van der Waals surface area contributed by atoms with Crippen LogP contribution < -0.4 is 5.73 Å². The molecular weight excluding hydrogens is 269 g/mol. The molecule has 4 rings (SSSR count). The van der Waals surface area contributed by atoms with Gasteiger partial charge in [-0.2, -0.15) is 0 Å². The van der Waals surface area contributed by atoms with Crippen LogP contribution in [0.1, 0.15) is 24.8 Å². The highest BCUT2D eigenvalue weighted by Crippen LogP contribution is 2.75. The molecule has 1 aromatic carbocycles. The quantitative estimate of drug-likeness (QED) is 0.867. The fourth-order valence-electron chi connectivity index (χ4n) is 3.77. The molecule has 102 valence electrons. The van der Waals surface area contributed by atoms with Crippen molar-refractivity contribution in [2.24, 2.45) is 11.1 Å². The summed E-state index contributed by atoms with van der Waals surface area (Å²) in [6.07, 6.45) is 2.33. The maximum atomic E-state index is 13.5. The van der Waals surface area contributed by atoms with E-state index in [9.17, 15) is 9.18 Å². The van der Waals surface area contributed by atoms with E-state index in [1.807, 2.05) is 6.07 Å². The van der Waals surface area contributed by atoms with Crippen molar-refractivity contribution in [3.05, 3.63) is 34.6 Å². The second kappa shape index (κ2) is 3.93. The Bertz CT molecular complexity index is 541. The minimum absolute atomic E-state index is 0.0924. The van der Waals surface area contributed by atoms with Crippen LogP contribution in [0.15, 0.2) is 18.2 Å². The number of ether oxygens (including phenoxy) is 1. The highest BCUT2D eigenvalue weighted by Gasteiger charge is 2.72. The molecule has 3 saturated carbocycles. The van der Waals surface area contributed by atoms with E-state index in [1.54, 1.807) is 6.07 Å². The third-order valence-corrected chi connectivity index (χ3v) is 5.09. The highest BCUT2D eigenvalue weighted by molar-refractivity contribution is 6.31. The number of carbonyl (C=O) groups excluding carboxylic acids is 1. The van der Waals surface area contributed by atoms with Gasteiger partial charge in [0.05, 0.1) is 12.1 Å². The molecule has 3 fully saturated rings. The molecular formula is C14H15ClFNO2. The van der Waals surface area contributed by atoms with Crippen LogP contribution in [0, 0.1) is 11.2 Å². The van der Waals surface area contributed by atoms with Gasteiger partial charge >= 0.3 is 5.97 Å². The Morgan fingerprint density at radius 3 is 2.68 bits per heavy atom. The van der Waals surface area contributed by atoms with Gasteiger partial charge in [0, 0.05) is 0 Å². The smallest absolute Gasteiger partial charge is 0.323 e. The summed E-state index contributed by atoms with van der Waals surface area (Å²) in [4.78, 5) is 11.5. The van der Waals surface area contributed by atoms with Gasteiger partial charge in [0.1, 0.15) is 11.9 Å². The van der Waals surface area contributed by atoms with Gasteiger partial charge in [0.2, 0.25) is 0 Å². The molecule has 0 spiro atoms. The van der Waals surface area contributed by atoms with E-state index in [0.29, 0.717) is 0 Å². The SMILES string of the molecule is COC(=O)C(N)C12CC(c3cccc(F)c3Cl)(C1)C2. The van der Waals surface area contributed by atoms with Crippen LogP contribution in [0.4, 0.5) is 4.39 Å². The summed E-state index contributed by atoms with van der Waals surface area (Å²) in [5.41, 5.74) is 6.50. The molecule has 1 atom stereocenters. The molecule has 19 heavy (non-hydrogen) atoms. The summed E-state index contributed by atoms with van der Waals surface area (Å²) in [5, 5.41) is 0.197. The summed E-state index contributed by atoms with van der Waals surface area (Å²) < 4.78 is 18.2. The van der Waals surface area contributed by atoms with Gasteiger partial charge in [-0.3, -0.25) is 4.79 Å². The second-order valence-corrected chi connectivity index (χ2v) is 6.15. The highest BCUT2D eigenvalue weighted by atomic mass is 35.5. The van der Waals surface area contributed by atoms with Crippen molar-refractivity contribution in [1.82, 2.24) is 0 Å². The molecule has 3 aliphatic rings. The number of nitrogens with two attached hydrogens (primary N) is 1. The first kappa shape index (κ1) is 12.9. The van der Waals surface area contributed by atoms with Gasteiger partial charge < -0.3 is 10.5 Å². The lowest BCUT2D eigenvalue weighted by Gasteiger charge is -2.72. The fraction of sp³-hybridized carbons (Fsp3) is 0.500. The lowest BCUT2D eigenvalue weighted by Crippen LogP contribution is -2.72. The lowest BCUT2D eigenvalue weighted by atomic mass is 9.31. The number of carbonyl (C=O) groups is 1. The summed E-state index contributed by atoms with van der Waals surface area (Å²) in [5.74, 6) is -0.770. The van der Waals surface area contributed by atoms with Gasteiger partial charge in [-0.05, 0) is 41.7 Å². The van der Waals surface area contributed by atoms with E-state index in [4.69, 9.17) is 22.1 Å². The van der Waals surface area contributed by atoms with Crippen molar-refractivity contribution in [2.45, 2.75) is 30.7 Å². The number of hydrogen-bond donors (Lipinski definition) is 1. The monoisotopic (exact) mass is 283 g/mol. The predicted molar refractivity (Wildman–Crippen MR) is 69.4 cm³/mol. The molecule has 0 heterocycles. The summed E-state index contributed by atoms with van der Waals surface area (Å²) in [7, 11) is 1.34. The molecule has 3 aliphatic carbocycles. The predicted octanol–water partition coefficient (Wildman–Crippen LogP) is 2.40. The average molecular weight is 284 g/mol. The van der Waals surface area contributed by atoms with Crippen LogP contribution in [0.5, 0.6) is 0 Å². The molecule has 0 aromatic heterocycles. The van der Waals surface area contributed by atoms with Crippen LogP contribution in [0.2, 0.25) is 5.02 Å². The normalized spacial score (nSPS) is 33.1. The van der Waals surface area contributed by atoms with E-state index in [-0.39, 0.29) is 21.8 Å². The van der Waals surface area contributed by atoms with Gasteiger partial charge in [-0.15, -0.1) is 0 Å². The van der Waals surface area contributed by atoms with Crippen molar-refractivity contribution in [2.75, 3.05) is 7.11 Å². The Hall–Kier alpha value is -1.13. The maximum absolute atomic E-state index is 13.5. The molecule has 2 N–H and O–H groups in total. The zero-order valence-electron chi connectivity index (χ0n) is 10.6. The topological polar surface area (TPSA) is 52.3 Å². The van der Waals surface area contributed by atoms with Crippen molar-refractivity contribution < 1.29 is 13.9 Å². The summed E-state index contributed by atoms with van der Waals surface area (Å²) >= 11 is 6.03. The van der Waals surface area contributed by atoms with Crippen LogP contribution in [-0.4, -0.2) is 19.1 Å². The number of esters is 1. The first-order valence-corrected chi connectivity index (χ1v) is 6.60. The van der Waals surface area contributed by atoms with Gasteiger partial charge in [0.25, 0.3) is 0 Å². The van der Waals surface area contributed by atoms with Crippen LogP contribution in [0.3, 0.4) is 0 Å². The lowest BCUT2D eigenvalue weighted by molar-refractivity contribution is -0.181. The standard InChI is InChI=1S/C14H15ClFNO2/c1-19-12(18)11(17)14-5-13(6-14,7-14)8-3-2-4-9(16)10(8)15/h2-4,11H,5-7,17H2,1H3. The van der Waals surface area contributed by atoms with Crippen molar-refractivity contribution in [1.29, 1.82) is 0 Å². The van der Waals surface area contributed by atoms with E-state index in [0.717, 1.165) is 24.8 Å². The molecule has 0 amide bonds. The number of rotatable bonds is 3. The Labute approximate surface area is 115 Å². The third-order valence-electron chi connectivity index (χ3n) is 4.71. The van der Waals surface area contributed by atoms with E-state index >= 15 is 0 Å². The number of benzene rings is 1. The Morgan fingerprint density at radius 2 is 2.11 bits per heavy atom. The Balaban J connectivity index is 1.80. The van der Waals surface area contributed by atoms with Crippen LogP contribution in [-0.2, 0) is 14.9 Å². The number of methoxy groups -OCH3 is 1.